The summed E-state index contributed by atoms with van der Waals surface area (Å²) in [4.78, 5) is 1.95. The van der Waals surface area contributed by atoms with Crippen molar-refractivity contribution in [3.8, 4) is 0 Å². The van der Waals surface area contributed by atoms with Gasteiger partial charge in [-0.05, 0) is 14.0 Å². The lowest BCUT2D eigenvalue weighted by Gasteiger charge is -2.16. The van der Waals surface area contributed by atoms with Crippen molar-refractivity contribution in [3.63, 3.8) is 0 Å². The number of likely N-dealkylation sites (N-methyl/N-ethyl adjacent to an activating group) is 1. The Balaban J connectivity index is 3.40. The Hall–Kier alpha value is -0.380. The van der Waals surface area contributed by atoms with Gasteiger partial charge in [-0.3, -0.25) is 4.90 Å². The highest BCUT2D eigenvalue weighted by atomic mass is 16.3. The second kappa shape index (κ2) is 7.72. The quantitative estimate of drug-likeness (QED) is 0.423. The van der Waals surface area contributed by atoms with Crippen LogP contribution in [0.3, 0.4) is 0 Å². The molecule has 0 aromatic rings. The van der Waals surface area contributed by atoms with Gasteiger partial charge in [0, 0.05) is 19.6 Å². The number of aliphatic hydroxyl groups is 1. The molecule has 0 bridgehead atoms. The van der Waals surface area contributed by atoms with Crippen molar-refractivity contribution >= 4 is 0 Å². The standard InChI is InChI=1S/C8H18N2O/c1-3-4-6-10(8-11)7-5-9-2/h3-4,9,11H,5-8H2,1-2H3/b4-3-. The largest absolute Gasteiger partial charge is 0.381 e. The Kier molecular flexibility index (Phi) is 7.46. The Morgan fingerprint density at radius 3 is 2.73 bits per heavy atom. The lowest BCUT2D eigenvalue weighted by molar-refractivity contribution is 0.120. The minimum absolute atomic E-state index is 0.131. The smallest absolute Gasteiger partial charge is 0.0959 e. The molecule has 0 unspecified atom stereocenters. The molecule has 0 aliphatic rings. The fourth-order valence-corrected chi connectivity index (χ4v) is 0.744. The average Bonchev–Trinajstić information content (AvgIpc) is 2.05. The molecule has 3 heteroatoms. The molecule has 0 saturated heterocycles. The van der Waals surface area contributed by atoms with Gasteiger partial charge >= 0.3 is 0 Å². The summed E-state index contributed by atoms with van der Waals surface area (Å²) in [5.74, 6) is 0. The number of allylic oxidation sites excluding steroid dienone is 1. The summed E-state index contributed by atoms with van der Waals surface area (Å²) in [5, 5.41) is 11.9. The highest BCUT2D eigenvalue weighted by Gasteiger charge is 1.97. The molecule has 0 atom stereocenters. The van der Waals surface area contributed by atoms with Crippen LogP contribution in [-0.4, -0.2) is 43.4 Å². The number of nitrogens with zero attached hydrogens (tertiary/aromatic N) is 1. The first-order chi connectivity index (χ1) is 5.35. The summed E-state index contributed by atoms with van der Waals surface area (Å²) in [6.07, 6.45) is 4.02. The van der Waals surface area contributed by atoms with Crippen molar-refractivity contribution in [3.05, 3.63) is 12.2 Å². The summed E-state index contributed by atoms with van der Waals surface area (Å²) in [6.45, 7) is 4.74. The monoisotopic (exact) mass is 158 g/mol. The van der Waals surface area contributed by atoms with Gasteiger partial charge < -0.3 is 10.4 Å². The zero-order chi connectivity index (χ0) is 8.53. The van der Waals surface area contributed by atoms with Gasteiger partial charge in [-0.25, -0.2) is 0 Å². The first kappa shape index (κ1) is 10.6. The number of hydrogen-bond donors (Lipinski definition) is 2. The Bertz CT molecular complexity index is 104. The zero-order valence-corrected chi connectivity index (χ0v) is 7.38. The van der Waals surface area contributed by atoms with Crippen LogP contribution in [0.2, 0.25) is 0 Å². The molecular weight excluding hydrogens is 140 g/mol. The van der Waals surface area contributed by atoms with Crippen molar-refractivity contribution in [2.45, 2.75) is 6.92 Å². The van der Waals surface area contributed by atoms with Crippen molar-refractivity contribution in [1.29, 1.82) is 0 Å². The van der Waals surface area contributed by atoms with Crippen molar-refractivity contribution in [2.24, 2.45) is 0 Å². The predicted molar refractivity (Wildman–Crippen MR) is 47.4 cm³/mol. The summed E-state index contributed by atoms with van der Waals surface area (Å²) in [7, 11) is 1.91. The third kappa shape index (κ3) is 6.04. The van der Waals surface area contributed by atoms with E-state index >= 15 is 0 Å². The van der Waals surface area contributed by atoms with Gasteiger partial charge in [0.25, 0.3) is 0 Å². The molecule has 0 aliphatic heterocycles. The minimum atomic E-state index is 0.131. The zero-order valence-electron chi connectivity index (χ0n) is 7.38. The maximum atomic E-state index is 8.84. The topological polar surface area (TPSA) is 35.5 Å². The van der Waals surface area contributed by atoms with Crippen LogP contribution in [0.4, 0.5) is 0 Å². The van der Waals surface area contributed by atoms with E-state index in [2.05, 4.69) is 5.32 Å². The van der Waals surface area contributed by atoms with E-state index in [1.165, 1.54) is 0 Å². The van der Waals surface area contributed by atoms with Crippen LogP contribution >= 0.6 is 0 Å². The number of nitrogens with one attached hydrogen (secondary N) is 1. The first-order valence-corrected chi connectivity index (χ1v) is 3.94. The van der Waals surface area contributed by atoms with Crippen molar-refractivity contribution < 1.29 is 5.11 Å². The van der Waals surface area contributed by atoms with E-state index in [4.69, 9.17) is 5.11 Å². The fraction of sp³-hybridized carbons (Fsp3) is 0.750. The summed E-state index contributed by atoms with van der Waals surface area (Å²) < 4.78 is 0. The maximum absolute atomic E-state index is 8.84. The molecule has 0 aromatic heterocycles. The van der Waals surface area contributed by atoms with Gasteiger partial charge in [-0.15, -0.1) is 0 Å². The van der Waals surface area contributed by atoms with Gasteiger partial charge in [0.1, 0.15) is 0 Å². The Morgan fingerprint density at radius 2 is 2.27 bits per heavy atom. The van der Waals surface area contributed by atoms with Crippen LogP contribution in [-0.2, 0) is 0 Å². The molecule has 3 nitrogen and oxygen atoms in total. The van der Waals surface area contributed by atoms with Gasteiger partial charge in [0.2, 0.25) is 0 Å². The van der Waals surface area contributed by atoms with Crippen molar-refractivity contribution in [2.75, 3.05) is 33.4 Å². The van der Waals surface area contributed by atoms with Gasteiger partial charge in [-0.1, -0.05) is 12.2 Å². The third-order valence-electron chi connectivity index (χ3n) is 1.48. The molecule has 0 aromatic carbocycles. The van der Waals surface area contributed by atoms with Crippen LogP contribution in [0.25, 0.3) is 0 Å². The maximum Gasteiger partial charge on any atom is 0.0959 e. The molecule has 0 rings (SSSR count). The molecule has 0 heterocycles. The molecular formula is C8H18N2O. The normalized spacial score (nSPS) is 11.6. The number of aliphatic hydroxyl groups excluding tert-OH is 1. The van der Waals surface area contributed by atoms with E-state index in [-0.39, 0.29) is 6.73 Å². The number of hydrogen-bond acceptors (Lipinski definition) is 3. The SMILES string of the molecule is C/C=C\CN(CO)CCNC. The van der Waals surface area contributed by atoms with Crippen molar-refractivity contribution in [1.82, 2.24) is 10.2 Å². The van der Waals surface area contributed by atoms with E-state index in [1.807, 2.05) is 31.0 Å². The van der Waals surface area contributed by atoms with Crippen LogP contribution < -0.4 is 5.32 Å². The second-order valence-corrected chi connectivity index (χ2v) is 2.39. The fourth-order valence-electron chi connectivity index (χ4n) is 0.744. The molecule has 0 aliphatic carbocycles. The van der Waals surface area contributed by atoms with Gasteiger partial charge in [0.15, 0.2) is 0 Å². The lowest BCUT2D eigenvalue weighted by atomic mass is 10.4. The predicted octanol–water partition coefficient (Wildman–Crippen LogP) is 0.0337. The van der Waals surface area contributed by atoms with Crippen LogP contribution in [0, 0.1) is 0 Å². The summed E-state index contributed by atoms with van der Waals surface area (Å²) >= 11 is 0. The molecule has 0 fully saturated rings. The van der Waals surface area contributed by atoms with E-state index < -0.39 is 0 Å². The van der Waals surface area contributed by atoms with E-state index in [0.717, 1.165) is 19.6 Å². The van der Waals surface area contributed by atoms with Crippen LogP contribution in [0.5, 0.6) is 0 Å². The minimum Gasteiger partial charge on any atom is -0.381 e. The second-order valence-electron chi connectivity index (χ2n) is 2.39. The average molecular weight is 158 g/mol. The molecule has 0 radical (unpaired) electrons. The number of rotatable bonds is 6. The van der Waals surface area contributed by atoms with Crippen LogP contribution in [0.15, 0.2) is 12.2 Å². The van der Waals surface area contributed by atoms with E-state index in [9.17, 15) is 0 Å². The molecule has 11 heavy (non-hydrogen) atoms. The lowest BCUT2D eigenvalue weighted by Crippen LogP contribution is -2.31. The Labute approximate surface area is 68.7 Å². The first-order valence-electron chi connectivity index (χ1n) is 3.94. The highest BCUT2D eigenvalue weighted by molar-refractivity contribution is 4.80. The highest BCUT2D eigenvalue weighted by Crippen LogP contribution is 1.85. The van der Waals surface area contributed by atoms with Gasteiger partial charge in [0.05, 0.1) is 6.73 Å². The molecule has 0 amide bonds. The third-order valence-corrected chi connectivity index (χ3v) is 1.48. The molecule has 66 valence electrons. The van der Waals surface area contributed by atoms with E-state index in [1.54, 1.807) is 0 Å². The molecule has 2 N–H and O–H groups in total. The van der Waals surface area contributed by atoms with E-state index in [0.29, 0.717) is 0 Å². The molecule has 0 saturated carbocycles. The molecule has 0 spiro atoms. The Morgan fingerprint density at radius 1 is 1.55 bits per heavy atom. The van der Waals surface area contributed by atoms with Crippen LogP contribution in [0.1, 0.15) is 6.92 Å². The van der Waals surface area contributed by atoms with Gasteiger partial charge in [-0.2, -0.15) is 0 Å². The summed E-state index contributed by atoms with van der Waals surface area (Å²) in [6, 6.07) is 0. The summed E-state index contributed by atoms with van der Waals surface area (Å²) in [5.41, 5.74) is 0.